The largest absolute Gasteiger partial charge is 0.507 e. The summed E-state index contributed by atoms with van der Waals surface area (Å²) in [5.74, 6) is -0.0693. The van der Waals surface area contributed by atoms with Crippen molar-refractivity contribution in [2.45, 2.75) is 33.6 Å². The predicted molar refractivity (Wildman–Crippen MR) is 91.5 cm³/mol. The predicted octanol–water partition coefficient (Wildman–Crippen LogP) is 2.84. The topological polar surface area (TPSA) is 54.7 Å². The molecule has 1 aromatic heterocycles. The number of phenols is 1. The van der Waals surface area contributed by atoms with E-state index in [1.807, 2.05) is 40.9 Å². The van der Waals surface area contributed by atoms with E-state index in [1.165, 1.54) is 4.73 Å². The van der Waals surface area contributed by atoms with E-state index in [2.05, 4.69) is 4.90 Å². The number of carbonyl (C=O) groups excluding carboxylic acids is 1. The Morgan fingerprint density at radius 3 is 2.65 bits per heavy atom. The standard InChI is InChI=1S/C18H26N2O3/c1-6-18(2,3)17(22)23-20-12-13(10-11-19(4)5)16-14(20)8-7-9-15(16)21/h7-9,12,21H,6,10-11H2,1-5H3. The molecule has 0 fully saturated rings. The number of benzene rings is 1. The molecule has 2 aromatic rings. The Balaban J connectivity index is 2.41. The van der Waals surface area contributed by atoms with Crippen LogP contribution in [0.1, 0.15) is 32.8 Å². The van der Waals surface area contributed by atoms with Crippen molar-refractivity contribution in [2.75, 3.05) is 20.6 Å². The molecule has 1 N–H and O–H groups in total. The number of likely N-dealkylation sites (N-methyl/N-ethyl adjacent to an activating group) is 1. The summed E-state index contributed by atoms with van der Waals surface area (Å²) in [4.78, 5) is 20.0. The van der Waals surface area contributed by atoms with Crippen LogP contribution in [0.5, 0.6) is 5.75 Å². The zero-order chi connectivity index (χ0) is 17.2. The highest BCUT2D eigenvalue weighted by Gasteiger charge is 2.29. The van der Waals surface area contributed by atoms with Crippen molar-refractivity contribution >= 4 is 16.9 Å². The fraction of sp³-hybridized carbons (Fsp3) is 0.500. The Kier molecular flexibility index (Phi) is 5.00. The summed E-state index contributed by atoms with van der Waals surface area (Å²) in [5.41, 5.74) is 1.13. The highest BCUT2D eigenvalue weighted by molar-refractivity contribution is 5.90. The smallest absolute Gasteiger partial charge is 0.338 e. The van der Waals surface area contributed by atoms with E-state index < -0.39 is 5.41 Å². The molecule has 0 bridgehead atoms. The molecule has 5 nitrogen and oxygen atoms in total. The Morgan fingerprint density at radius 2 is 2.04 bits per heavy atom. The first kappa shape index (κ1) is 17.3. The Hall–Kier alpha value is -2.01. The summed E-state index contributed by atoms with van der Waals surface area (Å²) in [7, 11) is 4.01. The number of hydrogen-bond donors (Lipinski definition) is 1. The van der Waals surface area contributed by atoms with Gasteiger partial charge in [-0.15, -0.1) is 0 Å². The highest BCUT2D eigenvalue weighted by atomic mass is 16.7. The van der Waals surface area contributed by atoms with Crippen molar-refractivity contribution in [3.8, 4) is 5.75 Å². The minimum atomic E-state index is -0.544. The number of nitrogens with zero attached hydrogens (tertiary/aromatic N) is 2. The van der Waals surface area contributed by atoms with E-state index in [9.17, 15) is 9.90 Å². The summed E-state index contributed by atoms with van der Waals surface area (Å²) in [6.07, 6.45) is 3.27. The fourth-order valence-electron chi connectivity index (χ4n) is 2.28. The molecule has 0 unspecified atom stereocenters. The van der Waals surface area contributed by atoms with Crippen LogP contribution < -0.4 is 4.84 Å². The van der Waals surface area contributed by atoms with Crippen LogP contribution in [0.15, 0.2) is 24.4 Å². The van der Waals surface area contributed by atoms with Gasteiger partial charge in [0.05, 0.1) is 10.9 Å². The van der Waals surface area contributed by atoms with Crippen LogP contribution in [0.2, 0.25) is 0 Å². The molecule has 23 heavy (non-hydrogen) atoms. The van der Waals surface area contributed by atoms with Crippen molar-refractivity contribution in [3.63, 3.8) is 0 Å². The zero-order valence-electron chi connectivity index (χ0n) is 14.6. The van der Waals surface area contributed by atoms with Crippen LogP contribution in [-0.4, -0.2) is 41.3 Å². The van der Waals surface area contributed by atoms with Gasteiger partial charge in [0.25, 0.3) is 0 Å². The molecule has 5 heteroatoms. The minimum Gasteiger partial charge on any atom is -0.507 e. The molecule has 0 saturated heterocycles. The van der Waals surface area contributed by atoms with Gasteiger partial charge in [0, 0.05) is 18.1 Å². The van der Waals surface area contributed by atoms with Gasteiger partial charge < -0.3 is 14.8 Å². The first-order chi connectivity index (χ1) is 10.8. The lowest BCUT2D eigenvalue weighted by atomic mass is 9.91. The zero-order valence-corrected chi connectivity index (χ0v) is 14.6. The van der Waals surface area contributed by atoms with E-state index in [4.69, 9.17) is 4.84 Å². The SMILES string of the molecule is CCC(C)(C)C(=O)On1cc(CCN(C)C)c2c(O)cccc21. The second-order valence-electron chi connectivity index (χ2n) is 6.82. The average molecular weight is 318 g/mol. The second-order valence-corrected chi connectivity index (χ2v) is 6.82. The Labute approximate surface area is 137 Å². The number of fused-ring (bicyclic) bond motifs is 1. The molecule has 1 aromatic carbocycles. The van der Waals surface area contributed by atoms with Crippen molar-refractivity contribution in [2.24, 2.45) is 5.41 Å². The molecule has 126 valence electrons. The Morgan fingerprint density at radius 1 is 1.35 bits per heavy atom. The first-order valence-electron chi connectivity index (χ1n) is 7.95. The minimum absolute atomic E-state index is 0.209. The van der Waals surface area contributed by atoms with Crippen LogP contribution in [0.3, 0.4) is 0 Å². The Bertz CT molecular complexity index is 702. The van der Waals surface area contributed by atoms with E-state index in [1.54, 1.807) is 18.3 Å². The van der Waals surface area contributed by atoms with Crippen molar-refractivity contribution in [1.82, 2.24) is 9.63 Å². The maximum Gasteiger partial charge on any atom is 0.338 e. The monoisotopic (exact) mass is 318 g/mol. The molecule has 2 rings (SSSR count). The van der Waals surface area contributed by atoms with Crippen LogP contribution in [-0.2, 0) is 11.2 Å². The summed E-state index contributed by atoms with van der Waals surface area (Å²) < 4.78 is 1.49. The lowest BCUT2D eigenvalue weighted by Gasteiger charge is -2.20. The molecule has 0 amide bonds. The third-order valence-corrected chi connectivity index (χ3v) is 4.30. The van der Waals surface area contributed by atoms with E-state index in [0.29, 0.717) is 11.9 Å². The quantitative estimate of drug-likeness (QED) is 0.890. The molecular weight excluding hydrogens is 292 g/mol. The molecular formula is C18H26N2O3. The molecule has 0 aliphatic carbocycles. The number of aromatic hydroxyl groups is 1. The number of phenolic OH excluding ortho intramolecular Hbond substituents is 1. The van der Waals surface area contributed by atoms with Gasteiger partial charge in [-0.2, -0.15) is 4.73 Å². The maximum atomic E-state index is 12.4. The lowest BCUT2D eigenvalue weighted by molar-refractivity contribution is -0.154. The highest BCUT2D eigenvalue weighted by Crippen LogP contribution is 2.30. The van der Waals surface area contributed by atoms with E-state index in [0.717, 1.165) is 23.9 Å². The second kappa shape index (κ2) is 6.62. The molecule has 0 radical (unpaired) electrons. The molecule has 0 saturated carbocycles. The van der Waals surface area contributed by atoms with Gasteiger partial charge in [0.1, 0.15) is 5.75 Å². The van der Waals surface area contributed by atoms with Gasteiger partial charge in [0.2, 0.25) is 0 Å². The van der Waals surface area contributed by atoms with Crippen molar-refractivity contribution in [3.05, 3.63) is 30.0 Å². The molecule has 0 aliphatic heterocycles. The van der Waals surface area contributed by atoms with Gasteiger partial charge in [-0.25, -0.2) is 4.79 Å². The van der Waals surface area contributed by atoms with Crippen molar-refractivity contribution in [1.29, 1.82) is 0 Å². The number of rotatable bonds is 6. The number of hydrogen-bond acceptors (Lipinski definition) is 4. The molecule has 0 atom stereocenters. The molecule has 1 heterocycles. The van der Waals surface area contributed by atoms with Crippen molar-refractivity contribution < 1.29 is 14.7 Å². The normalized spacial score (nSPS) is 12.1. The summed E-state index contributed by atoms with van der Waals surface area (Å²) in [5, 5.41) is 11.0. The summed E-state index contributed by atoms with van der Waals surface area (Å²) >= 11 is 0. The third kappa shape index (κ3) is 3.67. The number of carbonyl (C=O) groups is 1. The third-order valence-electron chi connectivity index (χ3n) is 4.30. The first-order valence-corrected chi connectivity index (χ1v) is 7.95. The van der Waals surface area contributed by atoms with Crippen LogP contribution in [0.25, 0.3) is 10.9 Å². The van der Waals surface area contributed by atoms with E-state index in [-0.39, 0.29) is 11.7 Å². The van der Waals surface area contributed by atoms with Crippen LogP contribution in [0.4, 0.5) is 0 Å². The van der Waals surface area contributed by atoms with Gasteiger partial charge in [-0.3, -0.25) is 0 Å². The summed E-state index contributed by atoms with van der Waals surface area (Å²) in [6.45, 7) is 6.54. The van der Waals surface area contributed by atoms with Gasteiger partial charge in [-0.1, -0.05) is 13.0 Å². The van der Waals surface area contributed by atoms with Gasteiger partial charge in [-0.05, 0) is 58.5 Å². The van der Waals surface area contributed by atoms with Crippen LogP contribution >= 0.6 is 0 Å². The maximum absolute atomic E-state index is 12.4. The van der Waals surface area contributed by atoms with Gasteiger partial charge >= 0.3 is 5.97 Å². The van der Waals surface area contributed by atoms with E-state index >= 15 is 0 Å². The molecule has 0 spiro atoms. The molecule has 0 aliphatic rings. The van der Waals surface area contributed by atoms with Crippen LogP contribution in [0, 0.1) is 5.41 Å². The summed E-state index contributed by atoms with van der Waals surface area (Å²) in [6, 6.07) is 5.26. The average Bonchev–Trinajstić information content (AvgIpc) is 2.84. The lowest BCUT2D eigenvalue weighted by Crippen LogP contribution is -2.32. The fourth-order valence-corrected chi connectivity index (χ4v) is 2.28. The number of aromatic nitrogens is 1. The van der Waals surface area contributed by atoms with Gasteiger partial charge in [0.15, 0.2) is 0 Å².